The largest absolute Gasteiger partial charge is 0.384 e. The van der Waals surface area contributed by atoms with E-state index in [9.17, 15) is 0 Å². The molecule has 0 fully saturated rings. The highest BCUT2D eigenvalue weighted by molar-refractivity contribution is 9.10. The molecule has 0 unspecified atom stereocenters. The summed E-state index contributed by atoms with van der Waals surface area (Å²) >= 11 is 5.13. The first-order valence-electron chi connectivity index (χ1n) is 4.69. The second kappa shape index (κ2) is 5.32. The van der Waals surface area contributed by atoms with Crippen LogP contribution in [0.5, 0.6) is 0 Å². The molecule has 0 aliphatic carbocycles. The number of nitrogens with two attached hydrogens (primary N) is 1. The summed E-state index contributed by atoms with van der Waals surface area (Å²) in [7, 11) is 0. The van der Waals surface area contributed by atoms with Crippen molar-refractivity contribution in [3.05, 3.63) is 46.7 Å². The van der Waals surface area contributed by atoms with Gasteiger partial charge in [0.25, 0.3) is 0 Å². The molecule has 2 aromatic rings. The summed E-state index contributed by atoms with van der Waals surface area (Å²) in [5.41, 5.74) is 6.76. The maximum Gasteiger partial charge on any atom is 0.123 e. The first-order chi connectivity index (χ1) is 7.75. The number of aromatic nitrogens is 2. The molecule has 0 bridgehead atoms. The molecule has 2 N–H and O–H groups in total. The summed E-state index contributed by atoms with van der Waals surface area (Å²) in [6.45, 7) is 0. The normalized spacial score (nSPS) is 10.3. The van der Waals surface area contributed by atoms with E-state index in [1.54, 1.807) is 24.2 Å². The zero-order chi connectivity index (χ0) is 11.4. The lowest BCUT2D eigenvalue weighted by molar-refractivity contribution is 1.11. The Bertz CT molecular complexity index is 490. The molecule has 0 aliphatic rings. The maximum absolute atomic E-state index is 5.61. The maximum atomic E-state index is 5.61. The predicted molar refractivity (Wildman–Crippen MR) is 70.1 cm³/mol. The summed E-state index contributed by atoms with van der Waals surface area (Å²) < 4.78 is 1.02. The van der Waals surface area contributed by atoms with Gasteiger partial charge in [0.2, 0.25) is 0 Å². The Kier molecular flexibility index (Phi) is 3.79. The standard InChI is InChI=1S/C11H10BrN3S/c12-9-2-1-4-15-11(9)16-7-8-3-5-14-10(13)6-8/h1-6H,7H2,(H2,13,14). The third-order valence-corrected chi connectivity index (χ3v) is 3.92. The van der Waals surface area contributed by atoms with Crippen LogP contribution in [0.2, 0.25) is 0 Å². The van der Waals surface area contributed by atoms with E-state index in [2.05, 4.69) is 25.9 Å². The van der Waals surface area contributed by atoms with Gasteiger partial charge in [-0.2, -0.15) is 0 Å². The molecule has 2 aromatic heterocycles. The predicted octanol–water partition coefficient (Wildman–Crippen LogP) is 3.11. The highest BCUT2D eigenvalue weighted by atomic mass is 79.9. The van der Waals surface area contributed by atoms with Crippen LogP contribution in [0, 0.1) is 0 Å². The first-order valence-corrected chi connectivity index (χ1v) is 6.47. The molecule has 0 spiro atoms. The molecule has 2 heterocycles. The van der Waals surface area contributed by atoms with E-state index in [1.807, 2.05) is 24.3 Å². The molecule has 0 aromatic carbocycles. The number of nitrogen functional groups attached to an aromatic ring is 1. The Balaban J connectivity index is 2.05. The second-order valence-corrected chi connectivity index (χ2v) is 4.99. The van der Waals surface area contributed by atoms with Crippen molar-refractivity contribution in [2.45, 2.75) is 10.8 Å². The van der Waals surface area contributed by atoms with Crippen LogP contribution >= 0.6 is 27.7 Å². The Morgan fingerprint density at radius 1 is 1.25 bits per heavy atom. The van der Waals surface area contributed by atoms with Crippen LogP contribution in [0.3, 0.4) is 0 Å². The molecule has 0 atom stereocenters. The lowest BCUT2D eigenvalue weighted by Gasteiger charge is -2.03. The van der Waals surface area contributed by atoms with Gasteiger partial charge in [0.05, 0.1) is 0 Å². The number of anilines is 1. The quantitative estimate of drug-likeness (QED) is 0.884. The van der Waals surface area contributed by atoms with Gasteiger partial charge in [0.15, 0.2) is 0 Å². The number of pyridine rings is 2. The molecular formula is C11H10BrN3S. The fraction of sp³-hybridized carbons (Fsp3) is 0.0909. The molecule has 5 heteroatoms. The Labute approximate surface area is 107 Å². The van der Waals surface area contributed by atoms with Crippen molar-refractivity contribution in [2.24, 2.45) is 0 Å². The summed E-state index contributed by atoms with van der Waals surface area (Å²) in [6.07, 6.45) is 3.51. The molecule has 82 valence electrons. The minimum Gasteiger partial charge on any atom is -0.384 e. The third-order valence-electron chi connectivity index (χ3n) is 1.95. The average molecular weight is 296 g/mol. The van der Waals surface area contributed by atoms with Gasteiger partial charge in [-0.05, 0) is 45.8 Å². The van der Waals surface area contributed by atoms with E-state index < -0.39 is 0 Å². The number of hydrogen-bond donors (Lipinski definition) is 1. The van der Waals surface area contributed by atoms with Crippen LogP contribution < -0.4 is 5.73 Å². The van der Waals surface area contributed by atoms with Crippen LogP contribution in [0.15, 0.2) is 46.2 Å². The molecule has 0 saturated carbocycles. The van der Waals surface area contributed by atoms with Crippen molar-refractivity contribution in [2.75, 3.05) is 5.73 Å². The highest BCUT2D eigenvalue weighted by Gasteiger charge is 2.02. The van der Waals surface area contributed by atoms with Crippen molar-refractivity contribution < 1.29 is 0 Å². The topological polar surface area (TPSA) is 51.8 Å². The van der Waals surface area contributed by atoms with Crippen molar-refractivity contribution in [1.29, 1.82) is 0 Å². The summed E-state index contributed by atoms with van der Waals surface area (Å²) in [5, 5.41) is 0.984. The van der Waals surface area contributed by atoms with E-state index in [-0.39, 0.29) is 0 Å². The Morgan fingerprint density at radius 3 is 2.88 bits per heavy atom. The monoisotopic (exact) mass is 295 g/mol. The van der Waals surface area contributed by atoms with Gasteiger partial charge in [0, 0.05) is 22.6 Å². The van der Waals surface area contributed by atoms with Gasteiger partial charge in [-0.3, -0.25) is 0 Å². The van der Waals surface area contributed by atoms with Gasteiger partial charge in [-0.15, -0.1) is 11.8 Å². The second-order valence-electron chi connectivity index (χ2n) is 3.17. The van der Waals surface area contributed by atoms with E-state index in [0.29, 0.717) is 5.82 Å². The molecule has 0 radical (unpaired) electrons. The van der Waals surface area contributed by atoms with Gasteiger partial charge in [-0.1, -0.05) is 0 Å². The van der Waals surface area contributed by atoms with E-state index >= 15 is 0 Å². The molecule has 0 aliphatic heterocycles. The van der Waals surface area contributed by atoms with Crippen LogP contribution in [-0.4, -0.2) is 9.97 Å². The summed E-state index contributed by atoms with van der Waals surface area (Å²) in [4.78, 5) is 8.24. The van der Waals surface area contributed by atoms with E-state index in [1.165, 1.54) is 0 Å². The van der Waals surface area contributed by atoms with E-state index in [0.717, 1.165) is 20.8 Å². The fourth-order valence-electron chi connectivity index (χ4n) is 1.21. The van der Waals surface area contributed by atoms with Crippen LogP contribution in [0.25, 0.3) is 0 Å². The highest BCUT2D eigenvalue weighted by Crippen LogP contribution is 2.27. The first kappa shape index (κ1) is 11.4. The number of halogens is 1. The number of nitrogens with zero attached hydrogens (tertiary/aromatic N) is 2. The smallest absolute Gasteiger partial charge is 0.123 e. The number of rotatable bonds is 3. The van der Waals surface area contributed by atoms with Gasteiger partial charge >= 0.3 is 0 Å². The van der Waals surface area contributed by atoms with Gasteiger partial charge in [0.1, 0.15) is 10.8 Å². The molecular weight excluding hydrogens is 286 g/mol. The number of thioether (sulfide) groups is 1. The minimum atomic E-state index is 0.554. The lowest BCUT2D eigenvalue weighted by Crippen LogP contribution is -1.91. The Morgan fingerprint density at radius 2 is 2.12 bits per heavy atom. The molecule has 3 nitrogen and oxygen atoms in total. The van der Waals surface area contributed by atoms with Crippen LogP contribution in [-0.2, 0) is 5.75 Å². The lowest BCUT2D eigenvalue weighted by atomic mass is 10.3. The fourth-order valence-corrected chi connectivity index (χ4v) is 2.64. The summed E-state index contributed by atoms with van der Waals surface area (Å²) in [6, 6.07) is 7.72. The van der Waals surface area contributed by atoms with Crippen LogP contribution in [0.1, 0.15) is 5.56 Å². The molecule has 0 saturated heterocycles. The van der Waals surface area contributed by atoms with E-state index in [4.69, 9.17) is 5.73 Å². The van der Waals surface area contributed by atoms with Crippen molar-refractivity contribution in [1.82, 2.24) is 9.97 Å². The zero-order valence-corrected chi connectivity index (χ0v) is 10.8. The van der Waals surface area contributed by atoms with Crippen LogP contribution in [0.4, 0.5) is 5.82 Å². The SMILES string of the molecule is Nc1cc(CSc2ncccc2Br)ccn1. The number of hydrogen-bond acceptors (Lipinski definition) is 4. The molecule has 16 heavy (non-hydrogen) atoms. The zero-order valence-electron chi connectivity index (χ0n) is 8.43. The van der Waals surface area contributed by atoms with Gasteiger partial charge < -0.3 is 5.73 Å². The van der Waals surface area contributed by atoms with Crippen molar-refractivity contribution in [3.63, 3.8) is 0 Å². The third kappa shape index (κ3) is 2.96. The molecule has 2 rings (SSSR count). The molecule has 0 amide bonds. The summed E-state index contributed by atoms with van der Waals surface area (Å²) in [5.74, 6) is 1.39. The van der Waals surface area contributed by atoms with Gasteiger partial charge in [-0.25, -0.2) is 9.97 Å². The van der Waals surface area contributed by atoms with Crippen molar-refractivity contribution >= 4 is 33.5 Å². The Hall–Kier alpha value is -1.07. The minimum absolute atomic E-state index is 0.554. The average Bonchev–Trinajstić information content (AvgIpc) is 2.28. The van der Waals surface area contributed by atoms with Crippen molar-refractivity contribution in [3.8, 4) is 0 Å².